The zero-order valence-electron chi connectivity index (χ0n) is 26.1. The second kappa shape index (κ2) is 15.0. The van der Waals surface area contributed by atoms with E-state index in [2.05, 4.69) is 31.2 Å². The van der Waals surface area contributed by atoms with Crippen molar-refractivity contribution in [3.8, 4) is 0 Å². The van der Waals surface area contributed by atoms with Gasteiger partial charge in [0.25, 0.3) is 0 Å². The van der Waals surface area contributed by atoms with Crippen molar-refractivity contribution < 1.29 is 28.8 Å². The van der Waals surface area contributed by atoms with Crippen LogP contribution in [0.1, 0.15) is 44.1 Å². The van der Waals surface area contributed by atoms with Crippen molar-refractivity contribution in [1.29, 1.82) is 0 Å². The van der Waals surface area contributed by atoms with Crippen molar-refractivity contribution in [3.63, 3.8) is 0 Å². The van der Waals surface area contributed by atoms with Crippen molar-refractivity contribution in [2.75, 3.05) is 32.7 Å². The SMILES string of the molecule is NC(N)=NCCC[C@@H]1NC(=O)[C@H]2CCCN2C(=O)CNC(=O)[C@H](Cc2c[nH]c3ccccc23)NC(=O)[C@H]2CCCN2C(=O)CNC1=O. The number of aromatic nitrogens is 1. The van der Waals surface area contributed by atoms with Gasteiger partial charge in [0.15, 0.2) is 5.96 Å². The number of aliphatic imine (C=N–C) groups is 1. The third-order valence-corrected chi connectivity index (χ3v) is 8.89. The second-order valence-electron chi connectivity index (χ2n) is 12.1. The van der Waals surface area contributed by atoms with Gasteiger partial charge >= 0.3 is 0 Å². The largest absolute Gasteiger partial charge is 0.370 e. The minimum Gasteiger partial charge on any atom is -0.370 e. The van der Waals surface area contributed by atoms with Crippen LogP contribution in [0.15, 0.2) is 35.5 Å². The number of carbonyl (C=O) groups is 6. The maximum atomic E-state index is 13.6. The maximum absolute atomic E-state index is 13.6. The molecular weight excluding hydrogens is 608 g/mol. The quantitative estimate of drug-likeness (QED) is 0.104. The molecule has 0 unspecified atom stereocenters. The molecule has 3 fully saturated rings. The third kappa shape index (κ3) is 7.99. The van der Waals surface area contributed by atoms with E-state index in [1.807, 2.05) is 24.3 Å². The molecule has 6 amide bonds. The number of fused-ring (bicyclic) bond motifs is 3. The molecule has 252 valence electrons. The fraction of sp³-hybridized carbons (Fsp3) is 0.516. The van der Waals surface area contributed by atoms with E-state index in [1.165, 1.54) is 9.80 Å². The first-order chi connectivity index (χ1) is 22.6. The van der Waals surface area contributed by atoms with Crippen LogP contribution in [0.25, 0.3) is 10.9 Å². The number of H-pyrrole nitrogens is 1. The Kier molecular flexibility index (Phi) is 10.6. The van der Waals surface area contributed by atoms with E-state index in [9.17, 15) is 28.8 Å². The molecule has 3 aliphatic rings. The first-order valence-electron chi connectivity index (χ1n) is 16.0. The molecular formula is C31H42N10O6. The number of nitrogens with zero attached hydrogens (tertiary/aromatic N) is 3. The van der Waals surface area contributed by atoms with Gasteiger partial charge in [-0.15, -0.1) is 0 Å². The summed E-state index contributed by atoms with van der Waals surface area (Å²) in [5, 5.41) is 11.7. The first-order valence-corrected chi connectivity index (χ1v) is 16.0. The minimum absolute atomic E-state index is 0.102. The number of nitrogens with one attached hydrogen (secondary N) is 5. The lowest BCUT2D eigenvalue weighted by Crippen LogP contribution is -2.58. The molecule has 5 rings (SSSR count). The molecule has 0 radical (unpaired) electrons. The molecule has 4 heterocycles. The maximum Gasteiger partial charge on any atom is 0.243 e. The Hall–Kier alpha value is -5.15. The van der Waals surface area contributed by atoms with Crippen molar-refractivity contribution in [3.05, 3.63) is 36.0 Å². The van der Waals surface area contributed by atoms with Crippen LogP contribution in [0.5, 0.6) is 0 Å². The lowest BCUT2D eigenvalue weighted by molar-refractivity contribution is -0.141. The van der Waals surface area contributed by atoms with Gasteiger partial charge in [0.2, 0.25) is 35.4 Å². The number of benzene rings is 1. The standard InChI is InChI=1S/C31H42N10O6/c32-31(33)34-11-3-8-21-27(44)36-16-25(42)41-13-5-10-24(41)30(47)39-22(14-18-15-35-20-7-2-1-6-19(18)20)28(45)37-17-26(43)40-12-4-9-23(40)29(46)38-21/h1-2,6-7,15,21-24,35H,3-5,8-14,16-17H2,(H,36,44)(H,37,45)(H,38,46)(H,39,47)(H4,32,33,34)/t21-,22-,23+,24+/m0/s1. The van der Waals surface area contributed by atoms with Crippen LogP contribution in [0.2, 0.25) is 0 Å². The average Bonchev–Trinajstić information content (AvgIpc) is 3.83. The van der Waals surface area contributed by atoms with Gasteiger partial charge in [-0.3, -0.25) is 33.8 Å². The number of guanidine groups is 1. The highest BCUT2D eigenvalue weighted by Gasteiger charge is 2.38. The normalized spacial score (nSPS) is 24.9. The van der Waals surface area contributed by atoms with Gasteiger partial charge < -0.3 is 47.5 Å². The summed E-state index contributed by atoms with van der Waals surface area (Å²) in [5.41, 5.74) is 12.5. The third-order valence-electron chi connectivity index (χ3n) is 8.89. The number of hydrogen-bond acceptors (Lipinski definition) is 7. The minimum atomic E-state index is -1.05. The lowest BCUT2D eigenvalue weighted by atomic mass is 10.0. The van der Waals surface area contributed by atoms with Crippen LogP contribution in [0, 0.1) is 0 Å². The number of nitrogens with two attached hydrogens (primary N) is 2. The average molecular weight is 651 g/mol. The highest BCUT2D eigenvalue weighted by Crippen LogP contribution is 2.22. The molecule has 16 nitrogen and oxygen atoms in total. The number of para-hydroxylation sites is 1. The van der Waals surface area contributed by atoms with Crippen molar-refractivity contribution in [1.82, 2.24) is 36.1 Å². The Morgan fingerprint density at radius 3 is 1.98 bits per heavy atom. The van der Waals surface area contributed by atoms with Crippen LogP contribution >= 0.6 is 0 Å². The number of aromatic amines is 1. The Balaban J connectivity index is 1.38. The van der Waals surface area contributed by atoms with Crippen LogP contribution in [-0.2, 0) is 35.2 Å². The molecule has 4 atom stereocenters. The molecule has 47 heavy (non-hydrogen) atoms. The van der Waals surface area contributed by atoms with E-state index in [1.54, 1.807) is 6.20 Å². The topological polar surface area (TPSA) is 237 Å². The summed E-state index contributed by atoms with van der Waals surface area (Å²) in [4.78, 5) is 90.4. The molecule has 0 saturated carbocycles. The molecule has 1 aromatic carbocycles. The number of rotatable bonds is 6. The summed E-state index contributed by atoms with van der Waals surface area (Å²) >= 11 is 0. The van der Waals surface area contributed by atoms with Crippen LogP contribution in [0.4, 0.5) is 0 Å². The molecule has 9 N–H and O–H groups in total. The Bertz CT molecular complexity index is 1550. The molecule has 0 aliphatic carbocycles. The van der Waals surface area contributed by atoms with Crippen LogP contribution in [0.3, 0.4) is 0 Å². The van der Waals surface area contributed by atoms with E-state index in [0.717, 1.165) is 16.5 Å². The monoisotopic (exact) mass is 650 g/mol. The molecule has 16 heteroatoms. The molecule has 2 aromatic rings. The van der Waals surface area contributed by atoms with E-state index >= 15 is 0 Å². The lowest BCUT2D eigenvalue weighted by Gasteiger charge is -2.29. The number of carbonyl (C=O) groups excluding carboxylic acids is 6. The van der Waals surface area contributed by atoms with Crippen molar-refractivity contribution >= 4 is 52.3 Å². The second-order valence-corrected chi connectivity index (χ2v) is 12.1. The molecule has 3 aliphatic heterocycles. The van der Waals surface area contributed by atoms with Crippen molar-refractivity contribution in [2.45, 2.75) is 69.1 Å². The van der Waals surface area contributed by atoms with E-state index in [4.69, 9.17) is 11.5 Å². The molecule has 0 spiro atoms. The predicted molar refractivity (Wildman–Crippen MR) is 171 cm³/mol. The van der Waals surface area contributed by atoms with Gasteiger partial charge in [0.05, 0.1) is 13.1 Å². The summed E-state index contributed by atoms with van der Waals surface area (Å²) in [5.74, 6) is -3.19. The Labute approximate surface area is 271 Å². The van der Waals surface area contributed by atoms with E-state index in [0.29, 0.717) is 45.2 Å². The summed E-state index contributed by atoms with van der Waals surface area (Å²) < 4.78 is 0. The summed E-state index contributed by atoms with van der Waals surface area (Å²) in [7, 11) is 0. The Morgan fingerprint density at radius 2 is 1.36 bits per heavy atom. The summed E-state index contributed by atoms with van der Waals surface area (Å²) in [6.45, 7) is 0.0441. The van der Waals surface area contributed by atoms with E-state index < -0.39 is 66.2 Å². The van der Waals surface area contributed by atoms with Crippen molar-refractivity contribution in [2.24, 2.45) is 16.5 Å². The Morgan fingerprint density at radius 1 is 0.787 bits per heavy atom. The zero-order chi connectivity index (χ0) is 33.5. The van der Waals surface area contributed by atoms with E-state index in [-0.39, 0.29) is 31.9 Å². The van der Waals surface area contributed by atoms with Gasteiger partial charge in [0, 0.05) is 43.2 Å². The van der Waals surface area contributed by atoms with Crippen LogP contribution in [-0.4, -0.2) is 113 Å². The smallest absolute Gasteiger partial charge is 0.243 e. The summed E-state index contributed by atoms with van der Waals surface area (Å²) in [6, 6.07) is 3.79. The molecule has 1 aromatic heterocycles. The molecule has 0 bridgehead atoms. The highest BCUT2D eigenvalue weighted by atomic mass is 16.2. The highest BCUT2D eigenvalue weighted by molar-refractivity contribution is 5.97. The van der Waals surface area contributed by atoms with Gasteiger partial charge in [-0.25, -0.2) is 0 Å². The van der Waals surface area contributed by atoms with Crippen LogP contribution < -0.4 is 32.7 Å². The predicted octanol–water partition coefficient (Wildman–Crippen LogP) is -2.04. The number of amides is 6. The fourth-order valence-electron chi connectivity index (χ4n) is 6.49. The fourth-order valence-corrected chi connectivity index (χ4v) is 6.49. The summed E-state index contributed by atoms with van der Waals surface area (Å²) in [6.07, 6.45) is 4.31. The zero-order valence-corrected chi connectivity index (χ0v) is 26.1. The molecule has 3 saturated heterocycles. The van der Waals surface area contributed by atoms with Gasteiger partial charge in [-0.05, 0) is 50.2 Å². The van der Waals surface area contributed by atoms with Gasteiger partial charge in [0.1, 0.15) is 24.2 Å². The van der Waals surface area contributed by atoms with Gasteiger partial charge in [-0.1, -0.05) is 18.2 Å². The number of hydrogen-bond donors (Lipinski definition) is 7. The first kappa shape index (κ1) is 33.2. The van der Waals surface area contributed by atoms with Gasteiger partial charge in [-0.2, -0.15) is 0 Å².